The molecule has 0 saturated heterocycles. The maximum absolute atomic E-state index is 11.3. The van der Waals surface area contributed by atoms with Gasteiger partial charge in [0.2, 0.25) is 0 Å². The molecule has 2 atom stereocenters. The molecule has 0 radical (unpaired) electrons. The minimum atomic E-state index is -1.16. The van der Waals surface area contributed by atoms with Gasteiger partial charge in [0, 0.05) is 6.54 Å². The molecule has 0 saturated carbocycles. The first-order valence-corrected chi connectivity index (χ1v) is 5.98. The van der Waals surface area contributed by atoms with Crippen LogP contribution in [0, 0.1) is 0 Å². The van der Waals surface area contributed by atoms with Gasteiger partial charge < -0.3 is 20.3 Å². The zero-order valence-corrected chi connectivity index (χ0v) is 11.3. The van der Waals surface area contributed by atoms with Crippen LogP contribution in [0.15, 0.2) is 6.33 Å². The Labute approximate surface area is 111 Å². The summed E-state index contributed by atoms with van der Waals surface area (Å²) in [4.78, 5) is 15.1. The van der Waals surface area contributed by atoms with E-state index in [0.29, 0.717) is 0 Å². The number of aliphatic hydroxyl groups is 2. The summed E-state index contributed by atoms with van der Waals surface area (Å²) in [6.45, 7) is 5.46. The van der Waals surface area contributed by atoms with Crippen LogP contribution in [-0.2, 0) is 4.74 Å². The summed E-state index contributed by atoms with van der Waals surface area (Å²) in [7, 11) is 0. The Balaban J connectivity index is 2.27. The number of hydrogen-bond donors (Lipinski definition) is 4. The van der Waals surface area contributed by atoms with Gasteiger partial charge in [-0.05, 0) is 27.2 Å². The lowest BCUT2D eigenvalue weighted by molar-refractivity contribution is 0.00755. The standard InChI is InChI=1S/C11H20N4O4/c1-11(2,3)19-10(18)12-5-4-7(16)8(17)9-13-6-14-15-9/h6-8,16-17H,4-5H2,1-3H3,(H,12,18)(H,13,14,15). The second-order valence-electron chi connectivity index (χ2n) is 5.10. The van der Waals surface area contributed by atoms with Crippen LogP contribution < -0.4 is 5.32 Å². The molecule has 0 aliphatic heterocycles. The molecule has 108 valence electrons. The number of rotatable bonds is 5. The molecule has 1 aromatic heterocycles. The molecule has 1 rings (SSSR count). The highest BCUT2D eigenvalue weighted by Gasteiger charge is 2.21. The van der Waals surface area contributed by atoms with Gasteiger partial charge in [0.15, 0.2) is 5.82 Å². The van der Waals surface area contributed by atoms with Gasteiger partial charge in [0.1, 0.15) is 18.0 Å². The summed E-state index contributed by atoms with van der Waals surface area (Å²) in [5.41, 5.74) is -0.567. The molecule has 4 N–H and O–H groups in total. The molecule has 19 heavy (non-hydrogen) atoms. The van der Waals surface area contributed by atoms with E-state index >= 15 is 0 Å². The molecule has 0 bridgehead atoms. The van der Waals surface area contributed by atoms with E-state index < -0.39 is 23.9 Å². The summed E-state index contributed by atoms with van der Waals surface area (Å²) in [6.07, 6.45) is -1.37. The predicted molar refractivity (Wildman–Crippen MR) is 66.2 cm³/mol. The summed E-state index contributed by atoms with van der Waals surface area (Å²) < 4.78 is 5.03. The van der Waals surface area contributed by atoms with Crippen LogP contribution in [-0.4, -0.2) is 49.7 Å². The number of amides is 1. The van der Waals surface area contributed by atoms with Gasteiger partial charge in [-0.2, -0.15) is 5.10 Å². The normalized spacial score (nSPS) is 14.8. The van der Waals surface area contributed by atoms with Crippen molar-refractivity contribution in [3.8, 4) is 0 Å². The fourth-order valence-corrected chi connectivity index (χ4v) is 1.33. The highest BCUT2D eigenvalue weighted by molar-refractivity contribution is 5.67. The van der Waals surface area contributed by atoms with Gasteiger partial charge in [-0.15, -0.1) is 0 Å². The van der Waals surface area contributed by atoms with Crippen LogP contribution in [0.25, 0.3) is 0 Å². The van der Waals surface area contributed by atoms with E-state index in [9.17, 15) is 15.0 Å². The van der Waals surface area contributed by atoms with Crippen LogP contribution in [0.1, 0.15) is 39.1 Å². The number of nitrogens with zero attached hydrogens (tertiary/aromatic N) is 2. The Morgan fingerprint density at radius 1 is 1.53 bits per heavy atom. The lowest BCUT2D eigenvalue weighted by Gasteiger charge is -2.20. The fraction of sp³-hybridized carbons (Fsp3) is 0.727. The minimum Gasteiger partial charge on any atom is -0.444 e. The number of aliphatic hydroxyl groups excluding tert-OH is 2. The van der Waals surface area contributed by atoms with Crippen LogP contribution in [0.3, 0.4) is 0 Å². The van der Waals surface area contributed by atoms with E-state index in [1.165, 1.54) is 6.33 Å². The highest BCUT2D eigenvalue weighted by Crippen LogP contribution is 2.13. The Bertz CT molecular complexity index is 388. The average Bonchev–Trinajstić information content (AvgIpc) is 2.78. The molecule has 0 aliphatic carbocycles. The second kappa shape index (κ2) is 6.48. The molecule has 1 aromatic rings. The van der Waals surface area contributed by atoms with Gasteiger partial charge in [0.25, 0.3) is 0 Å². The average molecular weight is 272 g/mol. The SMILES string of the molecule is CC(C)(C)OC(=O)NCCC(O)C(O)c1ncn[nH]1. The van der Waals surface area contributed by atoms with Crippen molar-refractivity contribution in [3.63, 3.8) is 0 Å². The molecule has 0 spiro atoms. The van der Waals surface area contributed by atoms with Crippen molar-refractivity contribution in [1.82, 2.24) is 20.5 Å². The topological polar surface area (TPSA) is 120 Å². The molecule has 1 heterocycles. The number of hydrogen-bond acceptors (Lipinski definition) is 6. The minimum absolute atomic E-state index is 0.168. The number of H-pyrrole nitrogens is 1. The monoisotopic (exact) mass is 272 g/mol. The van der Waals surface area contributed by atoms with E-state index in [2.05, 4.69) is 20.5 Å². The lowest BCUT2D eigenvalue weighted by Crippen LogP contribution is -2.34. The third-order valence-electron chi connectivity index (χ3n) is 2.19. The Morgan fingerprint density at radius 3 is 2.74 bits per heavy atom. The van der Waals surface area contributed by atoms with Crippen molar-refractivity contribution < 1.29 is 19.7 Å². The molecular formula is C11H20N4O4. The van der Waals surface area contributed by atoms with E-state index in [0.717, 1.165) is 0 Å². The van der Waals surface area contributed by atoms with E-state index in [4.69, 9.17) is 4.74 Å². The summed E-state index contributed by atoms with van der Waals surface area (Å²) in [5, 5.41) is 27.9. The number of carbonyl (C=O) groups is 1. The Morgan fingerprint density at radius 2 is 2.21 bits per heavy atom. The van der Waals surface area contributed by atoms with E-state index in [1.54, 1.807) is 20.8 Å². The Hall–Kier alpha value is -1.67. The number of aromatic nitrogens is 3. The molecule has 0 fully saturated rings. The molecule has 8 heteroatoms. The molecular weight excluding hydrogens is 252 g/mol. The fourth-order valence-electron chi connectivity index (χ4n) is 1.33. The molecule has 0 aromatic carbocycles. The number of carbonyl (C=O) groups excluding carboxylic acids is 1. The molecule has 0 aliphatic rings. The number of aromatic amines is 1. The first-order valence-electron chi connectivity index (χ1n) is 5.98. The highest BCUT2D eigenvalue weighted by atomic mass is 16.6. The molecule has 1 amide bonds. The number of alkyl carbamates (subject to hydrolysis) is 1. The lowest BCUT2D eigenvalue weighted by atomic mass is 10.1. The third-order valence-corrected chi connectivity index (χ3v) is 2.19. The second-order valence-corrected chi connectivity index (χ2v) is 5.10. The smallest absolute Gasteiger partial charge is 0.407 e. The van der Waals surface area contributed by atoms with E-state index in [1.807, 2.05) is 0 Å². The summed E-state index contributed by atoms with van der Waals surface area (Å²) >= 11 is 0. The zero-order valence-electron chi connectivity index (χ0n) is 11.3. The van der Waals surface area contributed by atoms with Gasteiger partial charge >= 0.3 is 6.09 Å². The summed E-state index contributed by atoms with van der Waals surface area (Å²) in [6, 6.07) is 0. The maximum atomic E-state index is 11.3. The van der Waals surface area contributed by atoms with E-state index in [-0.39, 0.29) is 18.8 Å². The number of ether oxygens (including phenoxy) is 1. The molecule has 2 unspecified atom stereocenters. The third kappa shape index (κ3) is 5.66. The molecule has 8 nitrogen and oxygen atoms in total. The Kier molecular flexibility index (Phi) is 5.25. The van der Waals surface area contributed by atoms with Crippen molar-refractivity contribution in [1.29, 1.82) is 0 Å². The van der Waals surface area contributed by atoms with Gasteiger partial charge in [0.05, 0.1) is 6.10 Å². The first-order chi connectivity index (χ1) is 8.79. The van der Waals surface area contributed by atoms with Crippen LogP contribution in [0.5, 0.6) is 0 Å². The van der Waals surface area contributed by atoms with Crippen LogP contribution in [0.2, 0.25) is 0 Å². The van der Waals surface area contributed by atoms with Crippen LogP contribution in [0.4, 0.5) is 4.79 Å². The van der Waals surface area contributed by atoms with Crippen LogP contribution >= 0.6 is 0 Å². The number of nitrogens with one attached hydrogen (secondary N) is 2. The van der Waals surface area contributed by atoms with Crippen molar-refractivity contribution in [2.75, 3.05) is 6.54 Å². The predicted octanol–water partition coefficient (Wildman–Crippen LogP) is 0.114. The zero-order chi connectivity index (χ0) is 14.5. The van der Waals surface area contributed by atoms with Gasteiger partial charge in [-0.3, -0.25) is 5.10 Å². The first kappa shape index (κ1) is 15.4. The van der Waals surface area contributed by atoms with Gasteiger partial charge in [-0.1, -0.05) is 0 Å². The van der Waals surface area contributed by atoms with Crippen molar-refractivity contribution >= 4 is 6.09 Å². The van der Waals surface area contributed by atoms with Crippen molar-refractivity contribution in [3.05, 3.63) is 12.2 Å². The largest absolute Gasteiger partial charge is 0.444 e. The van der Waals surface area contributed by atoms with Crippen molar-refractivity contribution in [2.45, 2.75) is 45.0 Å². The maximum Gasteiger partial charge on any atom is 0.407 e. The van der Waals surface area contributed by atoms with Gasteiger partial charge in [-0.25, -0.2) is 9.78 Å². The summed E-state index contributed by atoms with van der Waals surface area (Å²) in [5.74, 6) is 0.185. The quantitative estimate of drug-likeness (QED) is 0.604. The van der Waals surface area contributed by atoms with Crippen molar-refractivity contribution in [2.24, 2.45) is 0 Å².